The Kier molecular flexibility index (Phi) is 5.56. The van der Waals surface area contributed by atoms with E-state index in [9.17, 15) is 13.2 Å². The quantitative estimate of drug-likeness (QED) is 0.604. The highest BCUT2D eigenvalue weighted by Gasteiger charge is 2.46. The van der Waals surface area contributed by atoms with Crippen LogP contribution in [0.2, 0.25) is 0 Å². The lowest BCUT2D eigenvalue weighted by Crippen LogP contribution is -2.63. The highest BCUT2D eigenvalue weighted by atomic mass is 32.2. The van der Waals surface area contributed by atoms with E-state index in [-0.39, 0.29) is 36.0 Å². The van der Waals surface area contributed by atoms with Crippen molar-refractivity contribution in [2.75, 3.05) is 25.1 Å². The van der Waals surface area contributed by atoms with E-state index in [1.807, 2.05) is 18.2 Å². The highest BCUT2D eigenvalue weighted by Crippen LogP contribution is 2.38. The Balaban J connectivity index is 1.53. The van der Waals surface area contributed by atoms with Gasteiger partial charge in [0.25, 0.3) is 10.2 Å². The van der Waals surface area contributed by atoms with Crippen LogP contribution in [-0.4, -0.2) is 53.3 Å². The van der Waals surface area contributed by atoms with Crippen molar-refractivity contribution in [1.82, 2.24) is 10.9 Å². The molecule has 0 aromatic heterocycles. The van der Waals surface area contributed by atoms with E-state index in [1.165, 1.54) is 4.31 Å². The third-order valence-corrected chi connectivity index (χ3v) is 7.52. The second kappa shape index (κ2) is 7.84. The summed E-state index contributed by atoms with van der Waals surface area (Å²) in [4.78, 5) is 12.4. The first-order valence-corrected chi connectivity index (χ1v) is 11.4. The van der Waals surface area contributed by atoms with Crippen molar-refractivity contribution in [2.45, 2.75) is 43.9 Å². The Morgan fingerprint density at radius 1 is 1.21 bits per heavy atom. The summed E-state index contributed by atoms with van der Waals surface area (Å²) in [5.74, 6) is 0.0137. The van der Waals surface area contributed by atoms with Crippen LogP contribution >= 0.6 is 0 Å². The molecule has 5 atom stereocenters. The Bertz CT molecular complexity index is 893. The van der Waals surface area contributed by atoms with Gasteiger partial charge in [0.05, 0.1) is 17.9 Å². The van der Waals surface area contributed by atoms with Crippen LogP contribution in [-0.2, 0) is 37.3 Å². The Morgan fingerprint density at radius 2 is 1.93 bits per heavy atom. The van der Waals surface area contributed by atoms with Gasteiger partial charge < -0.3 is 9.47 Å². The Morgan fingerprint density at radius 3 is 2.62 bits per heavy atom. The molecule has 0 radical (unpaired) electrons. The zero-order valence-electron chi connectivity index (χ0n) is 16.6. The Hall–Kier alpha value is -1.72. The van der Waals surface area contributed by atoms with Gasteiger partial charge in [-0.2, -0.15) is 8.42 Å². The van der Waals surface area contributed by atoms with Crippen LogP contribution < -0.4 is 20.3 Å². The van der Waals surface area contributed by atoms with Crippen LogP contribution in [0.1, 0.15) is 24.0 Å². The minimum absolute atomic E-state index is 0.000556. The van der Waals surface area contributed by atoms with Crippen LogP contribution in [0.3, 0.4) is 0 Å². The maximum atomic E-state index is 12.4. The first kappa shape index (κ1) is 20.5. The van der Waals surface area contributed by atoms with E-state index in [2.05, 4.69) is 10.9 Å². The van der Waals surface area contributed by atoms with Gasteiger partial charge in [-0.15, -0.1) is 0 Å². The number of carbonyl (C=O) groups excluding carboxylic acids is 1. The van der Waals surface area contributed by atoms with Crippen molar-refractivity contribution < 1.29 is 22.7 Å². The molecule has 1 amide bonds. The smallest absolute Gasteiger partial charge is 0.299 e. The lowest BCUT2D eigenvalue weighted by atomic mass is 9.70. The molecule has 0 spiro atoms. The van der Waals surface area contributed by atoms with Crippen LogP contribution in [0.25, 0.3) is 0 Å². The van der Waals surface area contributed by atoms with Gasteiger partial charge in [-0.05, 0) is 48.8 Å². The second-order valence-corrected chi connectivity index (χ2v) is 9.54. The molecule has 1 saturated carbocycles. The number of nitrogens with two attached hydrogens (primary N) is 1. The number of carbonyl (C=O) groups is 1. The highest BCUT2D eigenvalue weighted by molar-refractivity contribution is 7.90. The van der Waals surface area contributed by atoms with E-state index < -0.39 is 10.2 Å². The van der Waals surface area contributed by atoms with E-state index in [4.69, 9.17) is 14.6 Å². The van der Waals surface area contributed by atoms with Crippen LogP contribution in [0.4, 0.5) is 5.69 Å². The number of methoxy groups -OCH3 is 2. The van der Waals surface area contributed by atoms with Crippen molar-refractivity contribution in [3.05, 3.63) is 29.3 Å². The van der Waals surface area contributed by atoms with Gasteiger partial charge in [0.15, 0.2) is 0 Å². The van der Waals surface area contributed by atoms with Crippen LogP contribution in [0, 0.1) is 11.8 Å². The lowest BCUT2D eigenvalue weighted by Gasteiger charge is -2.46. The molecule has 1 saturated heterocycles. The standard InChI is InChI=1S/C19H28N4O5S/c1-27-17-9-13-14(10-18(17)28-2)19(24)22-21-15(13)8-11-3-4-16-12(7-11)5-6-23(16)29(20,25)26/h3-4,7,13-15,17-18,21H,5-6,8-10H2,1-2H3,(H,22,24)(H2,20,25,26). The number of anilines is 1. The molecule has 2 fully saturated rings. The first-order valence-electron chi connectivity index (χ1n) is 9.85. The summed E-state index contributed by atoms with van der Waals surface area (Å²) in [7, 11) is -0.411. The van der Waals surface area contributed by atoms with Crippen molar-refractivity contribution in [1.29, 1.82) is 0 Å². The zero-order valence-corrected chi connectivity index (χ0v) is 17.4. The summed E-state index contributed by atoms with van der Waals surface area (Å²) in [6, 6.07) is 5.86. The SMILES string of the molecule is COC1CC2C(=O)NNC(Cc3ccc4c(c3)CCN4S(N)(=O)=O)C2CC1OC. The molecule has 1 aromatic rings. The molecule has 4 N–H and O–H groups in total. The van der Waals surface area contributed by atoms with Crippen molar-refractivity contribution in [2.24, 2.45) is 17.0 Å². The summed E-state index contributed by atoms with van der Waals surface area (Å²) in [5, 5.41) is 5.30. The average molecular weight is 425 g/mol. The predicted molar refractivity (Wildman–Crippen MR) is 107 cm³/mol. The summed E-state index contributed by atoms with van der Waals surface area (Å²) in [6.07, 6.45) is 2.61. The molecule has 9 nitrogen and oxygen atoms in total. The number of rotatable bonds is 5. The van der Waals surface area contributed by atoms with Gasteiger partial charge in [-0.25, -0.2) is 10.6 Å². The topological polar surface area (TPSA) is 123 Å². The minimum atomic E-state index is -3.75. The zero-order chi connectivity index (χ0) is 20.8. The summed E-state index contributed by atoms with van der Waals surface area (Å²) in [6.45, 7) is 0.369. The predicted octanol–water partition coefficient (Wildman–Crippen LogP) is -0.146. The number of ether oxygens (including phenoxy) is 2. The molecule has 3 aliphatic rings. The monoisotopic (exact) mass is 424 g/mol. The van der Waals surface area contributed by atoms with Gasteiger partial charge in [-0.3, -0.25) is 14.5 Å². The maximum Gasteiger partial charge on any atom is 0.299 e. The fourth-order valence-corrected chi connectivity index (χ4v) is 5.84. The number of benzene rings is 1. The number of hydrogen-bond donors (Lipinski definition) is 3. The molecule has 5 unspecified atom stereocenters. The fourth-order valence-electron chi connectivity index (χ4n) is 5.04. The molecule has 1 aliphatic carbocycles. The normalized spacial score (nSPS) is 31.9. The molecular formula is C19H28N4O5S. The lowest BCUT2D eigenvalue weighted by molar-refractivity contribution is -0.145. The number of nitrogens with one attached hydrogen (secondary N) is 2. The van der Waals surface area contributed by atoms with Gasteiger partial charge in [0.2, 0.25) is 5.91 Å². The molecule has 160 valence electrons. The van der Waals surface area contributed by atoms with Gasteiger partial charge >= 0.3 is 0 Å². The van der Waals surface area contributed by atoms with Crippen LogP contribution in [0.5, 0.6) is 0 Å². The minimum Gasteiger partial charge on any atom is -0.379 e. The van der Waals surface area contributed by atoms with Gasteiger partial charge in [-0.1, -0.05) is 12.1 Å². The number of hydrazine groups is 1. The average Bonchev–Trinajstić information content (AvgIpc) is 3.13. The third kappa shape index (κ3) is 3.87. The largest absolute Gasteiger partial charge is 0.379 e. The Labute approximate surface area is 171 Å². The van der Waals surface area contributed by atoms with Crippen LogP contribution in [0.15, 0.2) is 18.2 Å². The van der Waals surface area contributed by atoms with E-state index in [0.717, 1.165) is 24.0 Å². The molecule has 10 heteroatoms. The number of amides is 1. The second-order valence-electron chi connectivity index (χ2n) is 8.06. The number of fused-ring (bicyclic) bond motifs is 2. The summed E-state index contributed by atoms with van der Waals surface area (Å²) >= 11 is 0. The third-order valence-electron chi connectivity index (χ3n) is 6.52. The van der Waals surface area contributed by atoms with E-state index in [0.29, 0.717) is 25.1 Å². The van der Waals surface area contributed by atoms with E-state index in [1.54, 1.807) is 14.2 Å². The van der Waals surface area contributed by atoms with Gasteiger partial charge in [0.1, 0.15) is 0 Å². The molecular weight excluding hydrogens is 396 g/mol. The van der Waals surface area contributed by atoms with Gasteiger partial charge in [0, 0.05) is 32.7 Å². The van der Waals surface area contributed by atoms with Crippen molar-refractivity contribution in [3.8, 4) is 0 Å². The molecule has 1 aromatic carbocycles. The van der Waals surface area contributed by atoms with Crippen molar-refractivity contribution >= 4 is 21.8 Å². The first-order chi connectivity index (χ1) is 13.8. The molecule has 2 aliphatic heterocycles. The summed E-state index contributed by atoms with van der Waals surface area (Å²) < 4.78 is 35.9. The molecule has 2 heterocycles. The fraction of sp³-hybridized carbons (Fsp3) is 0.632. The number of hydrogen-bond acceptors (Lipinski definition) is 6. The molecule has 0 bridgehead atoms. The maximum absolute atomic E-state index is 12.4. The summed E-state index contributed by atoms with van der Waals surface area (Å²) in [5.41, 5.74) is 8.71. The number of nitrogens with zero attached hydrogens (tertiary/aromatic N) is 1. The molecule has 4 rings (SSSR count). The van der Waals surface area contributed by atoms with E-state index >= 15 is 0 Å². The molecule has 29 heavy (non-hydrogen) atoms. The van der Waals surface area contributed by atoms with Crippen molar-refractivity contribution in [3.63, 3.8) is 0 Å².